The molecule has 0 saturated carbocycles. The number of nitrogens with zero attached hydrogens (tertiary/aromatic N) is 4. The van der Waals surface area contributed by atoms with Gasteiger partial charge in [0.1, 0.15) is 22.7 Å². The molecule has 0 spiro atoms. The van der Waals surface area contributed by atoms with Crippen LogP contribution >= 0.6 is 11.3 Å². The highest BCUT2D eigenvalue weighted by Gasteiger charge is 2.35. The minimum absolute atomic E-state index is 0.00234. The molecule has 7 nitrogen and oxygen atoms in total. The van der Waals surface area contributed by atoms with Gasteiger partial charge in [0.2, 0.25) is 0 Å². The fourth-order valence-electron chi connectivity index (χ4n) is 5.25. The molecule has 2 atom stereocenters. The van der Waals surface area contributed by atoms with E-state index in [1.807, 2.05) is 17.9 Å². The average Bonchev–Trinajstić information content (AvgIpc) is 3.38. The number of benzene rings is 2. The lowest BCUT2D eigenvalue weighted by molar-refractivity contribution is 0.0568. The molecule has 2 unspecified atom stereocenters. The highest BCUT2D eigenvalue weighted by Crippen LogP contribution is 2.44. The summed E-state index contributed by atoms with van der Waals surface area (Å²) in [5, 5.41) is 18.5. The van der Waals surface area contributed by atoms with Crippen molar-refractivity contribution in [3.63, 3.8) is 0 Å². The van der Waals surface area contributed by atoms with E-state index in [2.05, 4.69) is 10.4 Å². The maximum absolute atomic E-state index is 15.8. The summed E-state index contributed by atoms with van der Waals surface area (Å²) in [4.78, 5) is 15.4. The number of thiophene rings is 1. The lowest BCUT2D eigenvalue weighted by Crippen LogP contribution is -2.58. The predicted molar refractivity (Wildman–Crippen MR) is 127 cm³/mol. The summed E-state index contributed by atoms with van der Waals surface area (Å²) in [6.07, 6.45) is 2.27. The van der Waals surface area contributed by atoms with Crippen LogP contribution in [0, 0.1) is 23.0 Å². The van der Waals surface area contributed by atoms with E-state index in [1.165, 1.54) is 18.2 Å². The number of piperazine rings is 1. The quantitative estimate of drug-likeness (QED) is 0.433. The first-order valence-corrected chi connectivity index (χ1v) is 11.8. The highest BCUT2D eigenvalue weighted by atomic mass is 32.1. The molecule has 4 heterocycles. The largest absolute Gasteiger partial charge is 0.389 e. The van der Waals surface area contributed by atoms with Crippen LogP contribution in [0.15, 0.2) is 24.4 Å². The normalized spacial score (nSPS) is 20.3. The molecule has 1 saturated heterocycles. The number of aromatic nitrogens is 2. The zero-order chi connectivity index (χ0) is 23.7. The monoisotopic (exact) mass is 478 g/mol. The number of hydrogen-bond acceptors (Lipinski definition) is 6. The van der Waals surface area contributed by atoms with Crippen molar-refractivity contribution in [2.24, 2.45) is 0 Å². The van der Waals surface area contributed by atoms with Crippen LogP contribution in [-0.2, 0) is 6.54 Å². The van der Waals surface area contributed by atoms with Gasteiger partial charge in [-0.3, -0.25) is 9.48 Å². The van der Waals surface area contributed by atoms with E-state index in [1.54, 1.807) is 10.9 Å². The maximum Gasteiger partial charge on any atom is 0.256 e. The van der Waals surface area contributed by atoms with Crippen molar-refractivity contribution in [2.45, 2.75) is 32.0 Å². The van der Waals surface area contributed by atoms with E-state index in [0.29, 0.717) is 36.1 Å². The number of fused-ring (bicyclic) bond motifs is 2. The van der Waals surface area contributed by atoms with E-state index in [4.69, 9.17) is 5.73 Å². The number of nitrogens with one attached hydrogen (secondary N) is 1. The molecule has 2 aromatic heterocycles. The second-order valence-electron chi connectivity index (χ2n) is 8.87. The number of anilines is 1. The minimum Gasteiger partial charge on any atom is -0.389 e. The van der Waals surface area contributed by atoms with E-state index >= 15 is 4.39 Å². The van der Waals surface area contributed by atoms with Gasteiger partial charge in [0.25, 0.3) is 5.91 Å². The Labute approximate surface area is 197 Å². The lowest BCUT2D eigenvalue weighted by atomic mass is 9.93. The Morgan fingerprint density at radius 2 is 2.12 bits per heavy atom. The molecule has 0 bridgehead atoms. The molecule has 0 radical (unpaired) electrons. The van der Waals surface area contributed by atoms with Gasteiger partial charge in [-0.1, -0.05) is 6.07 Å². The van der Waals surface area contributed by atoms with Crippen LogP contribution in [0.25, 0.3) is 32.1 Å². The molecule has 2 aliphatic heterocycles. The Kier molecular flexibility index (Phi) is 4.62. The third kappa shape index (κ3) is 2.87. The summed E-state index contributed by atoms with van der Waals surface area (Å²) in [6.45, 7) is 3.81. The second-order valence-corrected chi connectivity index (χ2v) is 9.92. The standard InChI is InChI=1S/C24H20F2N6OS/c1-11-10-31-12(8-29-11)4-5-32-21-14(24(31)33)6-18(26)19(16(21)9-30-32)13-2-3-17(25)22-20(13)15(7-27)23(28)34-22/h2-3,6,9,11-12,29H,4-5,8,10,28H2,1H3. The van der Waals surface area contributed by atoms with Crippen molar-refractivity contribution in [1.82, 2.24) is 20.0 Å². The van der Waals surface area contributed by atoms with Crippen molar-refractivity contribution >= 4 is 43.2 Å². The van der Waals surface area contributed by atoms with Gasteiger partial charge >= 0.3 is 0 Å². The number of carbonyl (C=O) groups is 1. The number of nitriles is 1. The fraction of sp³-hybridized carbons (Fsp3) is 0.292. The number of aryl methyl sites for hydroxylation is 1. The Hall–Kier alpha value is -3.55. The van der Waals surface area contributed by atoms with Crippen molar-refractivity contribution in [3.8, 4) is 17.2 Å². The van der Waals surface area contributed by atoms with Gasteiger partial charge in [-0.15, -0.1) is 11.3 Å². The number of nitrogen functional groups attached to an aromatic ring is 1. The first-order chi connectivity index (χ1) is 16.4. The third-order valence-electron chi connectivity index (χ3n) is 6.85. The maximum atomic E-state index is 15.8. The third-order valence-corrected chi connectivity index (χ3v) is 7.88. The van der Waals surface area contributed by atoms with Gasteiger partial charge in [-0.2, -0.15) is 10.4 Å². The number of rotatable bonds is 1. The van der Waals surface area contributed by atoms with Gasteiger partial charge in [0.05, 0.1) is 27.5 Å². The van der Waals surface area contributed by atoms with Gasteiger partial charge in [-0.25, -0.2) is 8.78 Å². The molecule has 1 amide bonds. The van der Waals surface area contributed by atoms with Crippen molar-refractivity contribution < 1.29 is 13.6 Å². The highest BCUT2D eigenvalue weighted by molar-refractivity contribution is 7.23. The first kappa shape index (κ1) is 21.0. The molecule has 34 heavy (non-hydrogen) atoms. The summed E-state index contributed by atoms with van der Waals surface area (Å²) >= 11 is 0.963. The summed E-state index contributed by atoms with van der Waals surface area (Å²) in [5.41, 5.74) is 7.45. The Morgan fingerprint density at radius 1 is 1.29 bits per heavy atom. The van der Waals surface area contributed by atoms with Crippen LogP contribution in [0.1, 0.15) is 29.3 Å². The topological polar surface area (TPSA) is 100.0 Å². The summed E-state index contributed by atoms with van der Waals surface area (Å²) < 4.78 is 32.4. The molecule has 2 aromatic carbocycles. The number of carbonyl (C=O) groups excluding carboxylic acids is 1. The first-order valence-electron chi connectivity index (χ1n) is 11.0. The molecule has 10 heteroatoms. The SMILES string of the molecule is CC1CN2C(=O)c3cc(F)c(-c4ccc(F)c5sc(N)c(C#N)c45)c4cnn(c34)CCC2CN1. The summed E-state index contributed by atoms with van der Waals surface area (Å²) in [7, 11) is 0. The Morgan fingerprint density at radius 3 is 2.91 bits per heavy atom. The zero-order valence-electron chi connectivity index (χ0n) is 18.2. The molecular formula is C24H20F2N6OS. The lowest BCUT2D eigenvalue weighted by Gasteiger charge is -2.40. The Balaban J connectivity index is 1.63. The molecular weight excluding hydrogens is 458 g/mol. The average molecular weight is 479 g/mol. The minimum atomic E-state index is -0.628. The van der Waals surface area contributed by atoms with Gasteiger partial charge < -0.3 is 16.0 Å². The van der Waals surface area contributed by atoms with Crippen LogP contribution in [0.5, 0.6) is 0 Å². The van der Waals surface area contributed by atoms with E-state index in [-0.39, 0.29) is 49.8 Å². The van der Waals surface area contributed by atoms with E-state index < -0.39 is 11.6 Å². The molecule has 6 rings (SSSR count). The molecule has 3 N–H and O–H groups in total. The van der Waals surface area contributed by atoms with Crippen molar-refractivity contribution in [1.29, 1.82) is 5.26 Å². The van der Waals surface area contributed by atoms with Gasteiger partial charge in [0.15, 0.2) is 0 Å². The number of nitrogens with two attached hydrogens (primary N) is 1. The van der Waals surface area contributed by atoms with E-state index in [0.717, 1.165) is 17.8 Å². The number of hydrogen-bond donors (Lipinski definition) is 2. The van der Waals surface area contributed by atoms with Gasteiger partial charge in [-0.05, 0) is 31.0 Å². The van der Waals surface area contributed by atoms with Crippen LogP contribution in [0.4, 0.5) is 13.8 Å². The molecule has 0 aliphatic carbocycles. The number of halogens is 2. The van der Waals surface area contributed by atoms with Crippen LogP contribution in [-0.4, -0.2) is 45.8 Å². The Bertz CT molecular complexity index is 1550. The van der Waals surface area contributed by atoms with Gasteiger partial charge in [0, 0.05) is 48.1 Å². The van der Waals surface area contributed by atoms with Crippen LogP contribution < -0.4 is 11.1 Å². The summed E-state index contributed by atoms with van der Waals surface area (Å²) in [6, 6.07) is 6.14. The van der Waals surface area contributed by atoms with Crippen molar-refractivity contribution in [3.05, 3.63) is 47.2 Å². The molecule has 2 aliphatic rings. The van der Waals surface area contributed by atoms with E-state index in [9.17, 15) is 14.4 Å². The molecule has 1 fully saturated rings. The molecule has 4 aromatic rings. The molecule has 172 valence electrons. The van der Waals surface area contributed by atoms with Crippen LogP contribution in [0.3, 0.4) is 0 Å². The van der Waals surface area contributed by atoms with Crippen molar-refractivity contribution in [2.75, 3.05) is 18.8 Å². The predicted octanol–water partition coefficient (Wildman–Crippen LogP) is 3.86. The smallest absolute Gasteiger partial charge is 0.256 e. The fourth-order valence-corrected chi connectivity index (χ4v) is 6.20. The zero-order valence-corrected chi connectivity index (χ0v) is 19.0. The summed E-state index contributed by atoms with van der Waals surface area (Å²) in [5.74, 6) is -1.38. The second kappa shape index (κ2) is 7.48. The number of amides is 1. The van der Waals surface area contributed by atoms with Crippen LogP contribution in [0.2, 0.25) is 0 Å².